The average molecular weight is 712 g/mol. The molecule has 6 heterocycles. The molecule has 5 aliphatic heterocycles. The van der Waals surface area contributed by atoms with Crippen molar-refractivity contribution in [3.05, 3.63) is 88.0 Å². The summed E-state index contributed by atoms with van der Waals surface area (Å²) in [5.41, 5.74) is 2.94. The number of rotatable bonds is 8. The molecule has 2 aromatic carbocycles. The summed E-state index contributed by atoms with van der Waals surface area (Å²) in [6.45, 7) is 5.32. The number of halogens is 1. The molecule has 3 atom stereocenters. The van der Waals surface area contributed by atoms with Gasteiger partial charge in [-0.25, -0.2) is 4.39 Å². The standard InChI is InChI=1S/C37H40FN8O6/c1-52-32(22-5-3-2-4-6-22)37(51)45-21-29-27(19-39-41-29)34(45)44-11-9-24(10-12-44)43-15-13-42(14-16-43)20-23-17-25-26(18-28(23)38)36(50)46(35(25)49)30-7-8-31(47)40-33(30)48/h2-6,17-18,24,30,32,34H,7-16,20-21H2,1H3,(H,39,41)(H,40,47,48)/t30?,32-,34?/m1/s1. The van der Waals surface area contributed by atoms with E-state index in [0.717, 1.165) is 66.8 Å². The molecule has 0 bridgehead atoms. The molecule has 14 nitrogen and oxygen atoms in total. The fraction of sp³-hybridized carbons (Fsp3) is 0.459. The van der Waals surface area contributed by atoms with Crippen LogP contribution in [0.5, 0.6) is 0 Å². The Morgan fingerprint density at radius 2 is 1.67 bits per heavy atom. The quantitative estimate of drug-likeness (QED) is 0.331. The van der Waals surface area contributed by atoms with E-state index in [2.05, 4.69) is 36.4 Å². The fourth-order valence-corrected chi connectivity index (χ4v) is 8.45. The second kappa shape index (κ2) is 14.0. The van der Waals surface area contributed by atoms with Crippen LogP contribution in [0, 0.1) is 12.0 Å². The van der Waals surface area contributed by atoms with Crippen LogP contribution in [0.1, 0.15) is 81.1 Å². The number of likely N-dealkylation sites (tertiary alicyclic amines) is 1. The number of H-pyrrole nitrogens is 1. The minimum Gasteiger partial charge on any atom is -0.367 e. The van der Waals surface area contributed by atoms with Crippen molar-refractivity contribution < 1.29 is 33.1 Å². The third kappa shape index (κ3) is 6.10. The van der Waals surface area contributed by atoms with E-state index in [4.69, 9.17) is 4.74 Å². The monoisotopic (exact) mass is 711 g/mol. The van der Waals surface area contributed by atoms with Gasteiger partial charge in [0.15, 0.2) is 6.10 Å². The zero-order valence-corrected chi connectivity index (χ0v) is 28.8. The molecule has 1 aromatic heterocycles. The maximum absolute atomic E-state index is 15.3. The van der Waals surface area contributed by atoms with Gasteiger partial charge in [-0.15, -0.1) is 0 Å². The Morgan fingerprint density at radius 1 is 0.962 bits per heavy atom. The number of piperazine rings is 1. The Labute approximate surface area is 299 Å². The zero-order chi connectivity index (χ0) is 36.1. The van der Waals surface area contributed by atoms with Gasteiger partial charge in [0, 0.05) is 76.5 Å². The van der Waals surface area contributed by atoms with Crippen LogP contribution in [0.15, 0.2) is 42.5 Å². The molecule has 8 rings (SSSR count). The van der Waals surface area contributed by atoms with E-state index in [9.17, 15) is 24.0 Å². The highest BCUT2D eigenvalue weighted by molar-refractivity contribution is 6.23. The van der Waals surface area contributed by atoms with Crippen LogP contribution >= 0.6 is 0 Å². The number of aromatic amines is 1. The van der Waals surface area contributed by atoms with Crippen molar-refractivity contribution in [3.63, 3.8) is 0 Å². The van der Waals surface area contributed by atoms with E-state index in [-0.39, 0.29) is 42.6 Å². The molecule has 3 saturated heterocycles. The smallest absolute Gasteiger partial charge is 0.262 e. The SMILES string of the molecule is CO[C@@H](C(=O)N1Cc2[nH]n[c]c2C1N1CCC(N2CCN(Cc3cc4c(cc3F)C(=O)N(C3CCC(=O)NC3=O)C4=O)CC2)CC1)c1ccccc1. The number of nitrogens with one attached hydrogen (secondary N) is 2. The molecule has 3 fully saturated rings. The summed E-state index contributed by atoms with van der Waals surface area (Å²) in [6, 6.07) is 11.3. The largest absolute Gasteiger partial charge is 0.367 e. The van der Waals surface area contributed by atoms with Crippen molar-refractivity contribution >= 4 is 29.5 Å². The molecule has 52 heavy (non-hydrogen) atoms. The van der Waals surface area contributed by atoms with Gasteiger partial charge in [-0.05, 0) is 37.0 Å². The number of benzene rings is 2. The number of ether oxygens (including phenoxy) is 1. The second-order valence-electron chi connectivity index (χ2n) is 14.1. The fourth-order valence-electron chi connectivity index (χ4n) is 8.45. The van der Waals surface area contributed by atoms with E-state index in [0.29, 0.717) is 31.2 Å². The molecule has 0 saturated carbocycles. The van der Waals surface area contributed by atoms with Gasteiger partial charge < -0.3 is 9.64 Å². The molecule has 0 aliphatic carbocycles. The van der Waals surface area contributed by atoms with E-state index in [1.54, 1.807) is 7.11 Å². The first kappa shape index (κ1) is 34.3. The number of hydrogen-bond acceptors (Lipinski definition) is 10. The van der Waals surface area contributed by atoms with Crippen molar-refractivity contribution in [1.29, 1.82) is 0 Å². The number of imide groups is 2. The van der Waals surface area contributed by atoms with Crippen LogP contribution in [0.25, 0.3) is 0 Å². The molecule has 1 radical (unpaired) electrons. The summed E-state index contributed by atoms with van der Waals surface area (Å²) in [7, 11) is 1.56. The van der Waals surface area contributed by atoms with Crippen LogP contribution in [-0.4, -0.2) is 123 Å². The molecular formula is C37H40FN8O6. The van der Waals surface area contributed by atoms with Crippen molar-refractivity contribution in [2.75, 3.05) is 46.4 Å². The predicted octanol–water partition coefficient (Wildman–Crippen LogP) is 1.76. The third-order valence-corrected chi connectivity index (χ3v) is 11.2. The van der Waals surface area contributed by atoms with E-state index in [1.807, 2.05) is 35.2 Å². The number of piperidine rings is 2. The lowest BCUT2D eigenvalue weighted by atomic mass is 10.0. The first-order chi connectivity index (χ1) is 25.2. The van der Waals surface area contributed by atoms with E-state index in [1.165, 1.54) is 6.07 Å². The number of nitrogens with zero attached hydrogens (tertiary/aromatic N) is 6. The summed E-state index contributed by atoms with van der Waals surface area (Å²) in [4.78, 5) is 74.0. The van der Waals surface area contributed by atoms with E-state index < -0.39 is 41.6 Å². The summed E-state index contributed by atoms with van der Waals surface area (Å²) < 4.78 is 21.0. The Balaban J connectivity index is 0.872. The number of fused-ring (bicyclic) bond motifs is 2. The molecule has 5 amide bonds. The first-order valence-corrected chi connectivity index (χ1v) is 17.8. The Bertz CT molecular complexity index is 1900. The lowest BCUT2D eigenvalue weighted by molar-refractivity contribution is -0.150. The van der Waals surface area contributed by atoms with E-state index >= 15 is 4.39 Å². The van der Waals surface area contributed by atoms with Crippen LogP contribution < -0.4 is 5.32 Å². The lowest BCUT2D eigenvalue weighted by Crippen LogP contribution is -2.54. The van der Waals surface area contributed by atoms with Gasteiger partial charge in [0.1, 0.15) is 24.2 Å². The van der Waals surface area contributed by atoms with Crippen LogP contribution in [0.4, 0.5) is 4.39 Å². The zero-order valence-electron chi connectivity index (χ0n) is 28.8. The minimum atomic E-state index is -1.10. The lowest BCUT2D eigenvalue weighted by Gasteiger charge is -2.45. The normalized spacial score (nSPS) is 24.0. The predicted molar refractivity (Wildman–Crippen MR) is 181 cm³/mol. The number of carbonyl (C=O) groups is 5. The highest BCUT2D eigenvalue weighted by atomic mass is 19.1. The van der Waals surface area contributed by atoms with Gasteiger partial charge in [0.2, 0.25) is 11.8 Å². The van der Waals surface area contributed by atoms with Crippen molar-refractivity contribution in [2.24, 2.45) is 0 Å². The van der Waals surface area contributed by atoms with Crippen molar-refractivity contribution in [2.45, 2.75) is 63.1 Å². The number of carbonyl (C=O) groups excluding carboxylic acids is 5. The van der Waals surface area contributed by atoms with Gasteiger partial charge in [-0.3, -0.25) is 54.0 Å². The molecule has 2 N–H and O–H groups in total. The number of hydrogen-bond donors (Lipinski definition) is 2. The second-order valence-corrected chi connectivity index (χ2v) is 14.1. The highest BCUT2D eigenvalue weighted by Crippen LogP contribution is 2.39. The van der Waals surface area contributed by atoms with Gasteiger partial charge in [-0.2, -0.15) is 5.10 Å². The van der Waals surface area contributed by atoms with Gasteiger partial charge in [0.05, 0.1) is 23.4 Å². The summed E-state index contributed by atoms with van der Waals surface area (Å²) in [5, 5.41) is 9.35. The maximum Gasteiger partial charge on any atom is 0.262 e. The molecule has 271 valence electrons. The van der Waals surface area contributed by atoms with Gasteiger partial charge in [-0.1, -0.05) is 30.3 Å². The Hall–Kier alpha value is -4.83. The topological polar surface area (TPSA) is 151 Å². The van der Waals surface area contributed by atoms with Crippen molar-refractivity contribution in [1.82, 2.24) is 40.0 Å². The molecule has 2 unspecified atom stereocenters. The summed E-state index contributed by atoms with van der Waals surface area (Å²) in [5.74, 6) is -3.19. The van der Waals surface area contributed by atoms with Crippen LogP contribution in [0.2, 0.25) is 0 Å². The molecule has 0 spiro atoms. The van der Waals surface area contributed by atoms with Gasteiger partial charge >= 0.3 is 0 Å². The number of amides is 5. The molecular weight excluding hydrogens is 671 g/mol. The Morgan fingerprint density at radius 3 is 2.37 bits per heavy atom. The molecule has 15 heteroatoms. The minimum absolute atomic E-state index is 0.0178. The summed E-state index contributed by atoms with van der Waals surface area (Å²) >= 11 is 0. The van der Waals surface area contributed by atoms with Crippen LogP contribution in [0.3, 0.4) is 0 Å². The summed E-state index contributed by atoms with van der Waals surface area (Å²) in [6.07, 6.45) is 4.03. The third-order valence-electron chi connectivity index (χ3n) is 11.2. The molecule has 5 aliphatic rings. The molecule has 3 aromatic rings. The Kier molecular flexibility index (Phi) is 9.19. The van der Waals surface area contributed by atoms with Crippen molar-refractivity contribution in [3.8, 4) is 0 Å². The number of methoxy groups -OCH3 is 1. The van der Waals surface area contributed by atoms with Gasteiger partial charge in [0.25, 0.3) is 17.7 Å². The maximum atomic E-state index is 15.3. The van der Waals surface area contributed by atoms with Crippen LogP contribution in [-0.2, 0) is 32.2 Å². The first-order valence-electron chi connectivity index (χ1n) is 17.8. The number of aromatic nitrogens is 2. The highest BCUT2D eigenvalue weighted by Gasteiger charge is 2.46. The average Bonchev–Trinajstić information content (AvgIpc) is 3.82.